The molecule has 0 aliphatic carbocycles. The van der Waals surface area contributed by atoms with E-state index in [1.165, 1.54) is 18.2 Å². The van der Waals surface area contributed by atoms with Crippen LogP contribution < -0.4 is 0 Å². The molecule has 1 aromatic carbocycles. The van der Waals surface area contributed by atoms with E-state index in [1.807, 2.05) is 0 Å². The Hall–Kier alpha value is -0.390. The van der Waals surface area contributed by atoms with Crippen LogP contribution in [0.1, 0.15) is 5.56 Å². The summed E-state index contributed by atoms with van der Waals surface area (Å²) < 4.78 is 35.8. The van der Waals surface area contributed by atoms with E-state index in [0.717, 1.165) is 0 Å². The first-order valence-electron chi connectivity index (χ1n) is 3.57. The molecule has 6 heteroatoms. The number of halogens is 4. The summed E-state index contributed by atoms with van der Waals surface area (Å²) in [6, 6.07) is 3.82. The first kappa shape index (κ1) is 11.7. The second kappa shape index (κ2) is 4.42. The van der Waals surface area contributed by atoms with Crippen molar-refractivity contribution < 1.29 is 18.3 Å². The highest BCUT2D eigenvalue weighted by atomic mass is 35.5. The molecule has 0 spiro atoms. The smallest absolute Gasteiger partial charge is 0.392 e. The van der Waals surface area contributed by atoms with Gasteiger partial charge in [0.05, 0.1) is 6.61 Å². The predicted molar refractivity (Wildman–Crippen MR) is 49.3 cm³/mol. The fourth-order valence-electron chi connectivity index (χ4n) is 0.869. The number of benzene rings is 1. The number of thioether (sulfide) groups is 1. The molecule has 0 atom stereocenters. The zero-order valence-electron chi connectivity index (χ0n) is 6.81. The Bertz CT molecular complexity index is 327. The van der Waals surface area contributed by atoms with Crippen LogP contribution in [0.2, 0.25) is 5.02 Å². The highest BCUT2D eigenvalue weighted by Crippen LogP contribution is 2.37. The summed E-state index contributed by atoms with van der Waals surface area (Å²) in [5.41, 5.74) is -4.03. The van der Waals surface area contributed by atoms with E-state index in [0.29, 0.717) is 5.56 Å². The van der Waals surface area contributed by atoms with Crippen molar-refractivity contribution in [3.63, 3.8) is 0 Å². The normalized spacial score (nSPS) is 11.8. The highest BCUT2D eigenvalue weighted by Gasteiger charge is 2.29. The van der Waals surface area contributed by atoms with Gasteiger partial charge in [-0.25, -0.2) is 0 Å². The third-order valence-corrected chi connectivity index (χ3v) is 2.51. The van der Waals surface area contributed by atoms with Gasteiger partial charge in [-0.05, 0) is 35.5 Å². The summed E-state index contributed by atoms with van der Waals surface area (Å²) in [7, 11) is 0. The lowest BCUT2D eigenvalue weighted by Gasteiger charge is -2.07. The molecule has 0 aliphatic rings. The van der Waals surface area contributed by atoms with Crippen LogP contribution in [-0.2, 0) is 6.61 Å². The van der Waals surface area contributed by atoms with Crippen molar-refractivity contribution in [3.05, 3.63) is 28.8 Å². The molecule has 1 nitrogen and oxygen atoms in total. The number of hydrogen-bond acceptors (Lipinski definition) is 2. The van der Waals surface area contributed by atoms with Gasteiger partial charge in [0.2, 0.25) is 0 Å². The SMILES string of the molecule is OCc1cc(SC(F)(F)F)ccc1Cl. The molecule has 14 heavy (non-hydrogen) atoms. The third-order valence-electron chi connectivity index (χ3n) is 1.42. The first-order chi connectivity index (χ1) is 6.42. The van der Waals surface area contributed by atoms with Crippen molar-refractivity contribution in [2.75, 3.05) is 0 Å². The minimum absolute atomic E-state index is 0.0194. The molecule has 0 radical (unpaired) electrons. The van der Waals surface area contributed by atoms with E-state index in [2.05, 4.69) is 0 Å². The summed E-state index contributed by atoms with van der Waals surface area (Å²) >= 11 is 5.39. The van der Waals surface area contributed by atoms with Crippen LogP contribution in [0, 0.1) is 0 Å². The van der Waals surface area contributed by atoms with Gasteiger partial charge in [0.15, 0.2) is 0 Å². The van der Waals surface area contributed by atoms with Gasteiger partial charge < -0.3 is 5.11 Å². The van der Waals surface area contributed by atoms with Crippen molar-refractivity contribution >= 4 is 23.4 Å². The Morgan fingerprint density at radius 3 is 2.50 bits per heavy atom. The van der Waals surface area contributed by atoms with Gasteiger partial charge in [0, 0.05) is 9.92 Å². The Balaban J connectivity index is 2.90. The molecule has 0 bridgehead atoms. The summed E-state index contributed by atoms with van der Waals surface area (Å²) in [4.78, 5) is 0.0194. The molecule has 0 amide bonds. The molecule has 78 valence electrons. The maximum absolute atomic E-state index is 11.9. The van der Waals surface area contributed by atoms with Crippen molar-refractivity contribution in [3.8, 4) is 0 Å². The number of rotatable bonds is 2. The fraction of sp³-hybridized carbons (Fsp3) is 0.250. The summed E-state index contributed by atoms with van der Waals surface area (Å²) in [5, 5.41) is 9.03. The number of aliphatic hydroxyl groups excluding tert-OH is 1. The monoisotopic (exact) mass is 242 g/mol. The van der Waals surface area contributed by atoms with E-state index in [9.17, 15) is 13.2 Å². The molecule has 0 heterocycles. The molecular weight excluding hydrogens is 237 g/mol. The van der Waals surface area contributed by atoms with E-state index >= 15 is 0 Å². The lowest BCUT2D eigenvalue weighted by atomic mass is 10.2. The van der Waals surface area contributed by atoms with E-state index < -0.39 is 5.51 Å². The topological polar surface area (TPSA) is 20.2 Å². The van der Waals surface area contributed by atoms with Crippen molar-refractivity contribution in [1.29, 1.82) is 0 Å². The molecule has 0 fully saturated rings. The van der Waals surface area contributed by atoms with Gasteiger partial charge in [-0.15, -0.1) is 0 Å². The summed E-state index contributed by atoms with van der Waals surface area (Å²) in [6.45, 7) is -0.370. The van der Waals surface area contributed by atoms with Crippen molar-refractivity contribution in [2.45, 2.75) is 17.0 Å². The van der Waals surface area contributed by atoms with Gasteiger partial charge in [0.1, 0.15) is 0 Å². The van der Waals surface area contributed by atoms with Crippen LogP contribution in [0.15, 0.2) is 23.1 Å². The van der Waals surface area contributed by atoms with Gasteiger partial charge in [0.25, 0.3) is 0 Å². The lowest BCUT2D eigenvalue weighted by molar-refractivity contribution is -0.0328. The van der Waals surface area contributed by atoms with Crippen LogP contribution in [-0.4, -0.2) is 10.6 Å². The fourth-order valence-corrected chi connectivity index (χ4v) is 1.65. The number of aliphatic hydroxyl groups is 1. The Morgan fingerprint density at radius 1 is 1.36 bits per heavy atom. The molecule has 0 aliphatic heterocycles. The Morgan fingerprint density at radius 2 is 2.00 bits per heavy atom. The van der Waals surface area contributed by atoms with Gasteiger partial charge in [-0.2, -0.15) is 13.2 Å². The zero-order chi connectivity index (χ0) is 10.8. The van der Waals surface area contributed by atoms with Gasteiger partial charge in [-0.3, -0.25) is 0 Å². The standard InChI is InChI=1S/C8H6ClF3OS/c9-7-2-1-6(3-5(7)4-13)14-8(10,11)12/h1-3,13H,4H2. The van der Waals surface area contributed by atoms with Crippen LogP contribution in [0.3, 0.4) is 0 Å². The number of hydrogen-bond donors (Lipinski definition) is 1. The molecule has 0 aromatic heterocycles. The molecule has 1 aromatic rings. The largest absolute Gasteiger partial charge is 0.446 e. The summed E-state index contributed by atoms with van der Waals surface area (Å²) in [5.74, 6) is 0. The van der Waals surface area contributed by atoms with Gasteiger partial charge >= 0.3 is 5.51 Å². The molecule has 1 N–H and O–H groups in total. The van der Waals surface area contributed by atoms with Crippen molar-refractivity contribution in [1.82, 2.24) is 0 Å². The third kappa shape index (κ3) is 3.40. The quantitative estimate of drug-likeness (QED) is 0.802. The van der Waals surface area contributed by atoms with E-state index in [1.54, 1.807) is 0 Å². The van der Waals surface area contributed by atoms with Crippen LogP contribution in [0.4, 0.5) is 13.2 Å². The van der Waals surface area contributed by atoms with Crippen LogP contribution in [0.5, 0.6) is 0 Å². The lowest BCUT2D eigenvalue weighted by Crippen LogP contribution is -1.99. The average molecular weight is 243 g/mol. The first-order valence-corrected chi connectivity index (χ1v) is 4.77. The van der Waals surface area contributed by atoms with E-state index in [4.69, 9.17) is 16.7 Å². The Labute approximate surface area is 87.9 Å². The summed E-state index contributed by atoms with van der Waals surface area (Å²) in [6.07, 6.45) is 0. The van der Waals surface area contributed by atoms with Crippen LogP contribution >= 0.6 is 23.4 Å². The molecular formula is C8H6ClF3OS. The molecule has 1 rings (SSSR count). The molecule has 0 saturated heterocycles. The molecule has 0 unspecified atom stereocenters. The average Bonchev–Trinajstić information content (AvgIpc) is 2.06. The second-order valence-corrected chi connectivity index (χ2v) is 4.00. The highest BCUT2D eigenvalue weighted by molar-refractivity contribution is 8.00. The minimum atomic E-state index is -4.32. The second-order valence-electron chi connectivity index (χ2n) is 2.46. The molecule has 0 saturated carbocycles. The predicted octanol–water partition coefficient (Wildman–Crippen LogP) is 3.44. The van der Waals surface area contributed by atoms with E-state index in [-0.39, 0.29) is 28.3 Å². The van der Waals surface area contributed by atoms with Gasteiger partial charge in [-0.1, -0.05) is 11.6 Å². The maximum atomic E-state index is 11.9. The Kier molecular flexibility index (Phi) is 3.69. The zero-order valence-corrected chi connectivity index (χ0v) is 8.38. The van der Waals surface area contributed by atoms with Crippen LogP contribution in [0.25, 0.3) is 0 Å². The van der Waals surface area contributed by atoms with Crippen molar-refractivity contribution in [2.24, 2.45) is 0 Å². The maximum Gasteiger partial charge on any atom is 0.446 e. The minimum Gasteiger partial charge on any atom is -0.392 e. The number of alkyl halides is 3.